The van der Waals surface area contributed by atoms with Gasteiger partial charge in [-0.05, 0) is 80.6 Å². The summed E-state index contributed by atoms with van der Waals surface area (Å²) in [6, 6.07) is 0. The molecule has 228 valence electrons. The Morgan fingerprint density at radius 2 is 1.73 bits per heavy atom. The van der Waals surface area contributed by atoms with Crippen LogP contribution in [0, 0.1) is 46.8 Å². The first kappa shape index (κ1) is 33.6. The van der Waals surface area contributed by atoms with Gasteiger partial charge in [0.1, 0.15) is 6.10 Å². The Balaban J connectivity index is 2.07. The van der Waals surface area contributed by atoms with E-state index in [4.69, 9.17) is 8.85 Å². The molecule has 0 saturated heterocycles. The summed E-state index contributed by atoms with van der Waals surface area (Å²) in [5.41, 5.74) is 1.27. The van der Waals surface area contributed by atoms with Gasteiger partial charge in [-0.25, -0.2) is 0 Å². The highest BCUT2D eigenvalue weighted by Crippen LogP contribution is 2.64. The molecular weight excluding hydrogens is 529 g/mol. The van der Waals surface area contributed by atoms with Gasteiger partial charge < -0.3 is 14.0 Å². The Morgan fingerprint density at radius 3 is 2.25 bits per heavy atom. The molecule has 3 rings (SSSR count). The van der Waals surface area contributed by atoms with Crippen molar-refractivity contribution in [2.45, 2.75) is 149 Å². The molecule has 0 aromatic rings. The summed E-state index contributed by atoms with van der Waals surface area (Å²) < 4.78 is 14.3. The number of hydrogen-bond donors (Lipinski definition) is 1. The van der Waals surface area contributed by atoms with E-state index in [1.54, 1.807) is 0 Å². The van der Waals surface area contributed by atoms with Crippen molar-refractivity contribution in [1.82, 2.24) is 0 Å². The van der Waals surface area contributed by atoms with Crippen molar-refractivity contribution in [2.24, 2.45) is 35.0 Å². The van der Waals surface area contributed by atoms with Gasteiger partial charge in [0, 0.05) is 18.3 Å². The van der Waals surface area contributed by atoms with Gasteiger partial charge in [-0.3, -0.25) is 4.79 Å². The lowest BCUT2D eigenvalue weighted by molar-refractivity contribution is -0.157. The third kappa shape index (κ3) is 7.18. The van der Waals surface area contributed by atoms with Crippen molar-refractivity contribution in [2.75, 3.05) is 0 Å². The molecule has 0 aromatic carbocycles. The van der Waals surface area contributed by atoms with E-state index < -0.39 is 23.3 Å². The third-order valence-electron chi connectivity index (χ3n) is 10.8. The zero-order chi connectivity index (χ0) is 30.1. The van der Waals surface area contributed by atoms with E-state index in [-0.39, 0.29) is 40.4 Å². The summed E-state index contributed by atoms with van der Waals surface area (Å²) >= 11 is 0. The highest BCUT2D eigenvalue weighted by molar-refractivity contribution is 6.74. The molecule has 0 aromatic heterocycles. The van der Waals surface area contributed by atoms with Crippen LogP contribution in [0.5, 0.6) is 0 Å². The maximum atomic E-state index is 11.2. The number of carbonyl (C=O) groups is 1. The molecule has 1 N–H and O–H groups in total. The van der Waals surface area contributed by atoms with Gasteiger partial charge in [0.2, 0.25) is 0 Å². The largest absolute Gasteiger partial charge is 0.481 e. The number of rotatable bonds is 8. The van der Waals surface area contributed by atoms with Gasteiger partial charge in [-0.2, -0.15) is 0 Å². The van der Waals surface area contributed by atoms with E-state index in [0.717, 1.165) is 12.8 Å². The standard InChI is InChI=1S/C34H60O4Si2/c1-24-26(18-15-19-31(35)36)27-20-21-28(32(2,3)4)29(34(24,27)38-39(8)9)22-23-30(25-16-13-12-14-17-25)37-40(10,11)33(5,6)7/h18,24-25,27-30,39H,12-17,19-21H2,1-11H3,(H,35,36)/b26-18+/t24?,27-,28+,29+,30?,34-/m0/s1. The van der Waals surface area contributed by atoms with Crippen LogP contribution in [-0.4, -0.2) is 40.1 Å². The van der Waals surface area contributed by atoms with Gasteiger partial charge in [-0.15, -0.1) is 0 Å². The Morgan fingerprint density at radius 1 is 1.10 bits per heavy atom. The fourth-order valence-corrected chi connectivity index (χ4v) is 10.1. The lowest BCUT2D eigenvalue weighted by Gasteiger charge is -2.65. The predicted molar refractivity (Wildman–Crippen MR) is 172 cm³/mol. The van der Waals surface area contributed by atoms with Crippen molar-refractivity contribution in [3.8, 4) is 11.8 Å². The van der Waals surface area contributed by atoms with Crippen LogP contribution >= 0.6 is 0 Å². The van der Waals surface area contributed by atoms with Crippen molar-refractivity contribution in [1.29, 1.82) is 0 Å². The third-order valence-corrected chi connectivity index (χ3v) is 16.1. The van der Waals surface area contributed by atoms with E-state index in [2.05, 4.69) is 92.6 Å². The van der Waals surface area contributed by atoms with E-state index in [0.29, 0.717) is 24.2 Å². The summed E-state index contributed by atoms with van der Waals surface area (Å²) in [6.07, 6.45) is 11.6. The molecule has 4 nitrogen and oxygen atoms in total. The van der Waals surface area contributed by atoms with Crippen LogP contribution in [0.4, 0.5) is 0 Å². The Kier molecular flexibility index (Phi) is 10.7. The van der Waals surface area contributed by atoms with Gasteiger partial charge >= 0.3 is 5.97 Å². The van der Waals surface area contributed by atoms with Gasteiger partial charge in [0.15, 0.2) is 17.4 Å². The SMILES string of the molecule is CC1/C(=C\CCC(=O)O)[C@@H]2CC[C@@H](C(C)(C)C)[C@@H](C#CC(O[Si](C)(C)C(C)(C)C)C3CCCCC3)[C@]12O[SiH](C)C. The highest BCUT2D eigenvalue weighted by Gasteiger charge is 2.65. The van der Waals surface area contributed by atoms with Crippen molar-refractivity contribution >= 4 is 23.3 Å². The minimum Gasteiger partial charge on any atom is -0.481 e. The normalized spacial score (nSPS) is 31.8. The number of fused-ring (bicyclic) bond motifs is 1. The number of carboxylic acids is 1. The molecule has 2 unspecified atom stereocenters. The molecule has 3 saturated carbocycles. The minimum absolute atomic E-state index is 0.00325. The molecule has 3 aliphatic carbocycles. The number of allylic oxidation sites excluding steroid dienone is 1. The molecule has 0 bridgehead atoms. The summed E-state index contributed by atoms with van der Waals surface area (Å²) in [4.78, 5) is 11.2. The maximum Gasteiger partial charge on any atom is 0.303 e. The molecule has 0 spiro atoms. The van der Waals surface area contributed by atoms with Crippen LogP contribution in [0.3, 0.4) is 0 Å². The maximum absolute atomic E-state index is 11.2. The lowest BCUT2D eigenvalue weighted by Crippen LogP contribution is -2.68. The second kappa shape index (κ2) is 12.8. The highest BCUT2D eigenvalue weighted by atomic mass is 28.4. The number of hydrogen-bond acceptors (Lipinski definition) is 3. The summed E-state index contributed by atoms with van der Waals surface area (Å²) in [6.45, 7) is 25.8. The van der Waals surface area contributed by atoms with Crippen LogP contribution in [0.1, 0.15) is 106 Å². The second-order valence-electron chi connectivity index (χ2n) is 15.9. The topological polar surface area (TPSA) is 55.8 Å². The first-order valence-electron chi connectivity index (χ1n) is 16.2. The summed E-state index contributed by atoms with van der Waals surface area (Å²) in [7, 11) is -3.36. The van der Waals surface area contributed by atoms with Crippen molar-refractivity contribution in [3.63, 3.8) is 0 Å². The first-order chi connectivity index (χ1) is 18.4. The molecule has 40 heavy (non-hydrogen) atoms. The average Bonchev–Trinajstić information content (AvgIpc) is 2.83. The molecular formula is C34H60O4Si2. The summed E-state index contributed by atoms with van der Waals surface area (Å²) in [5.74, 6) is 8.85. The fourth-order valence-electron chi connectivity index (χ4n) is 7.57. The second-order valence-corrected chi connectivity index (χ2v) is 23.0. The van der Waals surface area contributed by atoms with Crippen LogP contribution in [0.2, 0.25) is 31.2 Å². The van der Waals surface area contributed by atoms with Crippen LogP contribution in [-0.2, 0) is 13.6 Å². The van der Waals surface area contributed by atoms with Crippen LogP contribution in [0.15, 0.2) is 11.6 Å². The Hall–Kier alpha value is -0.876. The molecule has 6 atom stereocenters. The molecule has 0 heterocycles. The van der Waals surface area contributed by atoms with E-state index in [9.17, 15) is 9.90 Å². The Bertz CT molecular complexity index is 971. The van der Waals surface area contributed by atoms with E-state index >= 15 is 0 Å². The van der Waals surface area contributed by atoms with Gasteiger partial charge in [0.05, 0.1) is 11.5 Å². The van der Waals surface area contributed by atoms with E-state index in [1.165, 1.54) is 37.7 Å². The zero-order valence-electron chi connectivity index (χ0n) is 27.7. The van der Waals surface area contributed by atoms with Crippen LogP contribution < -0.4 is 0 Å². The van der Waals surface area contributed by atoms with Crippen molar-refractivity contribution < 1.29 is 18.8 Å². The predicted octanol–water partition coefficient (Wildman–Crippen LogP) is 8.83. The number of carboxylic acid groups (broad SMARTS) is 1. The van der Waals surface area contributed by atoms with E-state index in [1.807, 2.05) is 0 Å². The Labute approximate surface area is 249 Å². The quantitative estimate of drug-likeness (QED) is 0.175. The molecule has 0 aliphatic heterocycles. The molecule has 0 amide bonds. The van der Waals surface area contributed by atoms with Crippen molar-refractivity contribution in [3.05, 3.63) is 11.6 Å². The molecule has 3 fully saturated rings. The molecule has 0 radical (unpaired) electrons. The van der Waals surface area contributed by atoms with Crippen LogP contribution in [0.25, 0.3) is 0 Å². The lowest BCUT2D eigenvalue weighted by atomic mass is 9.44. The average molecular weight is 589 g/mol. The smallest absolute Gasteiger partial charge is 0.303 e. The molecule has 3 aliphatic rings. The van der Waals surface area contributed by atoms with Gasteiger partial charge in [0.25, 0.3) is 0 Å². The first-order valence-corrected chi connectivity index (χ1v) is 21.9. The number of aliphatic carboxylic acids is 1. The van der Waals surface area contributed by atoms with Gasteiger partial charge in [-0.1, -0.05) is 91.2 Å². The zero-order valence-corrected chi connectivity index (χ0v) is 29.8. The monoisotopic (exact) mass is 588 g/mol. The minimum atomic E-state index is -1.99. The fraction of sp³-hybridized carbons (Fsp3) is 0.853. The molecule has 6 heteroatoms. The summed E-state index contributed by atoms with van der Waals surface area (Å²) in [5, 5.41) is 9.39.